The molecule has 2 aromatic carbocycles. The van der Waals surface area contributed by atoms with Crippen LogP contribution in [0.1, 0.15) is 43.4 Å². The third kappa shape index (κ3) is 10.4. The van der Waals surface area contributed by atoms with Gasteiger partial charge in [-0.25, -0.2) is 0 Å². The predicted octanol–water partition coefficient (Wildman–Crippen LogP) is 3.90. The van der Waals surface area contributed by atoms with Crippen LogP contribution in [0.3, 0.4) is 0 Å². The number of rotatable bonds is 16. The Balaban J connectivity index is 2.11. The van der Waals surface area contributed by atoms with Gasteiger partial charge in [0, 0.05) is 12.5 Å². The van der Waals surface area contributed by atoms with Crippen molar-refractivity contribution in [1.29, 1.82) is 0 Å². The summed E-state index contributed by atoms with van der Waals surface area (Å²) in [6.07, 6.45) is 4.53. The molecule has 0 radical (unpaired) electrons. The molecule has 7 nitrogen and oxygen atoms in total. The second kappa shape index (κ2) is 16.1. The van der Waals surface area contributed by atoms with Crippen molar-refractivity contribution in [3.8, 4) is 0 Å². The van der Waals surface area contributed by atoms with Gasteiger partial charge in [0.05, 0.1) is 24.5 Å². The Labute approximate surface area is 219 Å². The highest BCUT2D eigenvalue weighted by atomic mass is 16.5. The van der Waals surface area contributed by atoms with Crippen molar-refractivity contribution in [3.05, 3.63) is 97.1 Å². The van der Waals surface area contributed by atoms with Crippen LogP contribution < -0.4 is 10.6 Å². The number of ether oxygens (including phenoxy) is 1. The average molecular weight is 507 g/mol. The number of hydrogen-bond acceptors (Lipinski definition) is 5. The van der Waals surface area contributed by atoms with E-state index in [1.165, 1.54) is 0 Å². The van der Waals surface area contributed by atoms with E-state index in [4.69, 9.17) is 4.74 Å². The summed E-state index contributed by atoms with van der Waals surface area (Å²) in [5.74, 6) is -2.09. The minimum absolute atomic E-state index is 0.0500. The third-order valence-corrected chi connectivity index (χ3v) is 5.96. The highest BCUT2D eigenvalue weighted by Gasteiger charge is 2.26. The van der Waals surface area contributed by atoms with Crippen LogP contribution in [0.25, 0.3) is 0 Å². The minimum Gasteiger partial charge on any atom is -0.463 e. The van der Waals surface area contributed by atoms with E-state index in [-0.39, 0.29) is 37.4 Å². The molecule has 0 spiro atoms. The Morgan fingerprint density at radius 3 is 2.11 bits per heavy atom. The van der Waals surface area contributed by atoms with Crippen LogP contribution in [0, 0.1) is 11.8 Å². The maximum atomic E-state index is 13.2. The quantitative estimate of drug-likeness (QED) is 0.237. The number of benzene rings is 2. The van der Waals surface area contributed by atoms with Gasteiger partial charge in [-0.2, -0.15) is 0 Å². The normalized spacial score (nSPS) is 13.9. The maximum Gasteiger partial charge on any atom is 0.309 e. The van der Waals surface area contributed by atoms with Crippen LogP contribution in [0.5, 0.6) is 0 Å². The van der Waals surface area contributed by atoms with Crippen LogP contribution in [-0.2, 0) is 25.5 Å². The second-order valence-electron chi connectivity index (χ2n) is 9.09. The van der Waals surface area contributed by atoms with Gasteiger partial charge in [0.2, 0.25) is 11.8 Å². The molecule has 37 heavy (non-hydrogen) atoms. The van der Waals surface area contributed by atoms with E-state index >= 15 is 0 Å². The molecule has 7 heteroatoms. The van der Waals surface area contributed by atoms with Crippen LogP contribution in [0.2, 0.25) is 0 Å². The molecule has 198 valence electrons. The first-order chi connectivity index (χ1) is 17.9. The molecule has 0 aliphatic rings. The predicted molar refractivity (Wildman–Crippen MR) is 144 cm³/mol. The van der Waals surface area contributed by atoms with E-state index < -0.39 is 23.9 Å². The lowest BCUT2D eigenvalue weighted by molar-refractivity contribution is -0.150. The highest BCUT2D eigenvalue weighted by molar-refractivity contribution is 5.86. The minimum atomic E-state index is -0.656. The first kappa shape index (κ1) is 29.5. The zero-order chi connectivity index (χ0) is 27.0. The molecule has 4 atom stereocenters. The van der Waals surface area contributed by atoms with Crippen molar-refractivity contribution in [2.24, 2.45) is 11.8 Å². The maximum absolute atomic E-state index is 13.2. The molecular formula is C30H38N2O5. The smallest absolute Gasteiger partial charge is 0.309 e. The Morgan fingerprint density at radius 1 is 0.919 bits per heavy atom. The first-order valence-corrected chi connectivity index (χ1v) is 12.6. The summed E-state index contributed by atoms with van der Waals surface area (Å²) in [6, 6.07) is 18.0. The Morgan fingerprint density at radius 2 is 1.51 bits per heavy atom. The molecule has 0 aliphatic carbocycles. The lowest BCUT2D eigenvalue weighted by atomic mass is 9.96. The largest absolute Gasteiger partial charge is 0.463 e. The summed E-state index contributed by atoms with van der Waals surface area (Å²) < 4.78 is 5.71. The zero-order valence-electron chi connectivity index (χ0n) is 21.5. The number of aliphatic hydroxyl groups is 1. The van der Waals surface area contributed by atoms with Gasteiger partial charge < -0.3 is 20.5 Å². The van der Waals surface area contributed by atoms with Crippen molar-refractivity contribution in [3.63, 3.8) is 0 Å². The summed E-state index contributed by atoms with van der Waals surface area (Å²) in [4.78, 5) is 38.5. The number of carbonyl (C=O) groups excluding carboxylic acids is 3. The van der Waals surface area contributed by atoms with E-state index in [1.54, 1.807) is 19.1 Å². The summed E-state index contributed by atoms with van der Waals surface area (Å²) in [5.41, 5.74) is 1.81. The SMILES string of the molecule is C=CCC(CC(=O)NC(C)CO)C(=O)NC(COC(=O)C(CC=C)Cc1ccccc1)c1ccccc1. The van der Waals surface area contributed by atoms with E-state index in [0.717, 1.165) is 11.1 Å². The molecule has 2 rings (SSSR count). The number of allylic oxidation sites excluding steroid dienone is 2. The van der Waals surface area contributed by atoms with Crippen molar-refractivity contribution in [1.82, 2.24) is 10.6 Å². The Kier molecular flexibility index (Phi) is 12.9. The average Bonchev–Trinajstić information content (AvgIpc) is 2.91. The van der Waals surface area contributed by atoms with Crippen molar-refractivity contribution < 1.29 is 24.2 Å². The molecule has 2 amide bonds. The lowest BCUT2D eigenvalue weighted by Crippen LogP contribution is -2.41. The Bertz CT molecular complexity index is 1010. The molecule has 0 saturated heterocycles. The monoisotopic (exact) mass is 506 g/mol. The van der Waals surface area contributed by atoms with Gasteiger partial charge in [-0.05, 0) is 37.3 Å². The van der Waals surface area contributed by atoms with Crippen LogP contribution in [0.4, 0.5) is 0 Å². The molecule has 3 N–H and O–H groups in total. The van der Waals surface area contributed by atoms with E-state index in [9.17, 15) is 19.5 Å². The number of esters is 1. The molecule has 0 fully saturated rings. The number of carbonyl (C=O) groups is 3. The molecule has 2 aromatic rings. The van der Waals surface area contributed by atoms with Gasteiger partial charge in [-0.15, -0.1) is 13.2 Å². The third-order valence-electron chi connectivity index (χ3n) is 5.96. The molecule has 0 bridgehead atoms. The molecule has 0 aliphatic heterocycles. The number of hydrogen-bond donors (Lipinski definition) is 3. The van der Waals surface area contributed by atoms with E-state index in [2.05, 4.69) is 23.8 Å². The van der Waals surface area contributed by atoms with Crippen LogP contribution in [-0.4, -0.2) is 42.1 Å². The van der Waals surface area contributed by atoms with Crippen molar-refractivity contribution in [2.75, 3.05) is 13.2 Å². The van der Waals surface area contributed by atoms with E-state index in [0.29, 0.717) is 19.3 Å². The standard InChI is InChI=1S/C30H38N2O5/c1-4-12-25(19-28(34)31-22(3)20-33)29(35)32-27(24-16-10-7-11-17-24)21-37-30(36)26(13-5-2)18-23-14-8-6-9-15-23/h4-11,14-17,22,25-27,33H,1-2,12-13,18-21H2,3H3,(H,31,34)(H,32,35). The zero-order valence-corrected chi connectivity index (χ0v) is 21.5. The van der Waals surface area contributed by atoms with Gasteiger partial charge in [0.1, 0.15) is 6.61 Å². The van der Waals surface area contributed by atoms with Crippen molar-refractivity contribution >= 4 is 17.8 Å². The number of nitrogens with one attached hydrogen (secondary N) is 2. The topological polar surface area (TPSA) is 105 Å². The number of amides is 2. The summed E-state index contributed by atoms with van der Waals surface area (Å²) in [5, 5.41) is 14.8. The highest BCUT2D eigenvalue weighted by Crippen LogP contribution is 2.20. The molecule has 0 aromatic heterocycles. The molecular weight excluding hydrogens is 468 g/mol. The second-order valence-corrected chi connectivity index (χ2v) is 9.09. The number of aliphatic hydroxyl groups excluding tert-OH is 1. The lowest BCUT2D eigenvalue weighted by Gasteiger charge is -2.24. The fraction of sp³-hybridized carbons (Fsp3) is 0.367. The van der Waals surface area contributed by atoms with Gasteiger partial charge in [0.25, 0.3) is 0 Å². The van der Waals surface area contributed by atoms with Gasteiger partial charge in [0.15, 0.2) is 0 Å². The fourth-order valence-corrected chi connectivity index (χ4v) is 3.93. The molecule has 0 heterocycles. The van der Waals surface area contributed by atoms with Gasteiger partial charge in [-0.1, -0.05) is 72.8 Å². The Hall–Kier alpha value is -3.71. The van der Waals surface area contributed by atoms with E-state index in [1.807, 2.05) is 60.7 Å². The first-order valence-electron chi connectivity index (χ1n) is 12.6. The van der Waals surface area contributed by atoms with Gasteiger partial charge in [-0.3, -0.25) is 14.4 Å². The fourth-order valence-electron chi connectivity index (χ4n) is 3.93. The summed E-state index contributed by atoms with van der Waals surface area (Å²) in [6.45, 7) is 8.91. The van der Waals surface area contributed by atoms with Crippen molar-refractivity contribution in [2.45, 2.75) is 44.7 Å². The molecule has 0 saturated carbocycles. The molecule has 4 unspecified atom stereocenters. The van der Waals surface area contributed by atoms with Gasteiger partial charge >= 0.3 is 5.97 Å². The summed E-state index contributed by atoms with van der Waals surface area (Å²) >= 11 is 0. The van der Waals surface area contributed by atoms with Crippen LogP contribution >= 0.6 is 0 Å². The summed E-state index contributed by atoms with van der Waals surface area (Å²) in [7, 11) is 0. The van der Waals surface area contributed by atoms with Crippen LogP contribution in [0.15, 0.2) is 86.0 Å².